The summed E-state index contributed by atoms with van der Waals surface area (Å²) in [7, 11) is 0. The summed E-state index contributed by atoms with van der Waals surface area (Å²) in [5, 5.41) is 16.3. The lowest BCUT2D eigenvalue weighted by Gasteiger charge is -2.46. The van der Waals surface area contributed by atoms with Crippen LogP contribution in [0.4, 0.5) is 5.69 Å². The highest BCUT2D eigenvalue weighted by atomic mass is 16.6. The van der Waals surface area contributed by atoms with Crippen LogP contribution in [-0.4, -0.2) is 57.0 Å². The highest BCUT2D eigenvalue weighted by Crippen LogP contribution is 2.65. The van der Waals surface area contributed by atoms with E-state index >= 15 is 14.4 Å². The van der Waals surface area contributed by atoms with Crippen molar-refractivity contribution in [2.75, 3.05) is 18.5 Å². The topological polar surface area (TPSA) is 146 Å². The van der Waals surface area contributed by atoms with Crippen molar-refractivity contribution in [1.29, 1.82) is 0 Å². The maximum absolute atomic E-state index is 15.6. The number of nitrogens with zero attached hydrogens (tertiary/aromatic N) is 2. The first-order valence-corrected chi connectivity index (χ1v) is 21.2. The van der Waals surface area contributed by atoms with Gasteiger partial charge in [0, 0.05) is 16.8 Å². The number of fused-ring (bicyclic) bond motifs is 4. The molecule has 3 aliphatic heterocycles. The molecule has 4 heterocycles. The summed E-state index contributed by atoms with van der Waals surface area (Å²) in [6, 6.07) is 37.0. The SMILES string of the molecule is O=C1O[C@@H](c2ccccc2)[C@@H](c2ccccc2)N2[C@@H](c3ccccc3OCCO)[C@]3(C(=O)Nc4ccc(C#CC5=CCCCC5)cc43)[C@@H](C(=O)NCc3nc4ccccc4[nH]3)[C@H]12. The average Bonchev–Trinajstić information content (AvgIpc) is 3.97. The Labute approximate surface area is 359 Å². The molecule has 6 atom stereocenters. The van der Waals surface area contributed by atoms with Crippen molar-refractivity contribution in [3.05, 3.63) is 173 Å². The Kier molecular flexibility index (Phi) is 10.4. The van der Waals surface area contributed by atoms with Gasteiger partial charge >= 0.3 is 5.97 Å². The van der Waals surface area contributed by atoms with E-state index in [1.807, 2.05) is 126 Å². The van der Waals surface area contributed by atoms with Crippen molar-refractivity contribution in [2.24, 2.45) is 5.92 Å². The average molecular weight is 824 g/mol. The fraction of sp³-hybridized carbons (Fsp3) is 0.255. The fourth-order valence-corrected chi connectivity index (χ4v) is 10.1. The molecule has 1 spiro atoms. The second kappa shape index (κ2) is 16.5. The van der Waals surface area contributed by atoms with Crippen LogP contribution in [0.15, 0.2) is 139 Å². The fourth-order valence-electron chi connectivity index (χ4n) is 10.1. The molecule has 2 fully saturated rings. The van der Waals surface area contributed by atoms with E-state index in [1.54, 1.807) is 6.07 Å². The van der Waals surface area contributed by atoms with Gasteiger partial charge in [0.25, 0.3) is 0 Å². The number of allylic oxidation sites excluding steroid dienone is 2. The third kappa shape index (κ3) is 6.72. The number of ether oxygens (including phenoxy) is 2. The van der Waals surface area contributed by atoms with Gasteiger partial charge in [-0.25, -0.2) is 4.98 Å². The molecule has 2 saturated heterocycles. The molecular formula is C51H45N5O6. The number of rotatable bonds is 9. The summed E-state index contributed by atoms with van der Waals surface area (Å²) in [5.41, 5.74) is 4.80. The van der Waals surface area contributed by atoms with Crippen molar-refractivity contribution in [3.8, 4) is 17.6 Å². The summed E-state index contributed by atoms with van der Waals surface area (Å²) < 4.78 is 12.8. The largest absolute Gasteiger partial charge is 0.491 e. The molecule has 0 radical (unpaired) electrons. The Hall–Kier alpha value is -7.00. The van der Waals surface area contributed by atoms with E-state index in [0.29, 0.717) is 34.0 Å². The molecule has 4 aliphatic rings. The van der Waals surface area contributed by atoms with Gasteiger partial charge in [-0.3, -0.25) is 19.3 Å². The van der Waals surface area contributed by atoms with Crippen LogP contribution in [0.2, 0.25) is 0 Å². The molecule has 0 bridgehead atoms. The number of anilines is 1. The Balaban J connectivity index is 1.22. The Morgan fingerprint density at radius 1 is 0.887 bits per heavy atom. The number of aromatic amines is 1. The summed E-state index contributed by atoms with van der Waals surface area (Å²) in [5.74, 6) is 4.75. The normalized spacial score (nSPS) is 24.0. The number of nitrogens with one attached hydrogen (secondary N) is 3. The number of hydrogen-bond donors (Lipinski definition) is 4. The van der Waals surface area contributed by atoms with Crippen LogP contribution >= 0.6 is 0 Å². The van der Waals surface area contributed by atoms with Gasteiger partial charge in [0.05, 0.1) is 42.2 Å². The van der Waals surface area contributed by atoms with E-state index in [-0.39, 0.29) is 19.8 Å². The standard InChI is InChI=1S/C51H45N5O6/c57-28-29-61-41-23-13-10-20-36(41)47-51(37-30-33(26-27-38(37)55-50(51)60)25-24-32-14-4-1-5-15-32)43(48(58)52-31-42-53-39-21-11-12-22-40(39)54-42)45-49(59)62-46(35-18-8-3-9-19-35)44(56(45)47)34-16-6-2-7-17-34/h2-3,6-14,16-23,26-27,30,43-47,57H,1,4-5,15,28-29,31H2,(H,52,58)(H,53,54)(H,55,60)/t43-,44-,45-,46+,47+,51-/m1/s1. The lowest BCUT2D eigenvalue weighted by Crippen LogP contribution is -2.54. The molecule has 2 amide bonds. The van der Waals surface area contributed by atoms with E-state index in [1.165, 1.54) is 0 Å². The van der Waals surface area contributed by atoms with Crippen molar-refractivity contribution in [1.82, 2.24) is 20.2 Å². The zero-order valence-corrected chi connectivity index (χ0v) is 33.9. The number of hydrogen-bond acceptors (Lipinski definition) is 8. The van der Waals surface area contributed by atoms with Gasteiger partial charge in [0.2, 0.25) is 11.8 Å². The first-order chi connectivity index (χ1) is 30.4. The minimum atomic E-state index is -1.74. The molecule has 5 aromatic carbocycles. The molecule has 310 valence electrons. The molecule has 1 aliphatic carbocycles. The Morgan fingerprint density at radius 3 is 2.42 bits per heavy atom. The quantitative estimate of drug-likeness (QED) is 0.0874. The van der Waals surface area contributed by atoms with Crippen molar-refractivity contribution >= 4 is 34.5 Å². The van der Waals surface area contributed by atoms with Gasteiger partial charge in [-0.05, 0) is 84.3 Å². The third-order valence-electron chi connectivity index (χ3n) is 12.7. The lowest BCUT2D eigenvalue weighted by molar-refractivity contribution is -0.178. The number of amides is 2. The van der Waals surface area contributed by atoms with Crippen LogP contribution in [0.5, 0.6) is 5.75 Å². The number of H-pyrrole nitrogens is 1. The van der Waals surface area contributed by atoms with Crippen LogP contribution in [0.25, 0.3) is 11.0 Å². The highest BCUT2D eigenvalue weighted by Gasteiger charge is 2.74. The first kappa shape index (κ1) is 39.2. The molecule has 0 saturated carbocycles. The molecule has 62 heavy (non-hydrogen) atoms. The van der Waals surface area contributed by atoms with Gasteiger partial charge in [0.15, 0.2) is 0 Å². The molecule has 11 heteroatoms. The number of carbonyl (C=O) groups excluding carboxylic acids is 3. The monoisotopic (exact) mass is 823 g/mol. The van der Waals surface area contributed by atoms with Crippen LogP contribution < -0.4 is 15.4 Å². The van der Waals surface area contributed by atoms with E-state index < -0.39 is 53.3 Å². The van der Waals surface area contributed by atoms with Crippen LogP contribution in [-0.2, 0) is 31.1 Å². The highest BCUT2D eigenvalue weighted by molar-refractivity contribution is 6.12. The summed E-state index contributed by atoms with van der Waals surface area (Å²) >= 11 is 0. The molecular weight excluding hydrogens is 779 g/mol. The Morgan fingerprint density at radius 2 is 1.65 bits per heavy atom. The van der Waals surface area contributed by atoms with Gasteiger partial charge in [-0.2, -0.15) is 0 Å². The van der Waals surface area contributed by atoms with E-state index in [4.69, 9.17) is 14.5 Å². The minimum Gasteiger partial charge on any atom is -0.491 e. The van der Waals surface area contributed by atoms with Gasteiger partial charge < -0.3 is 30.2 Å². The summed E-state index contributed by atoms with van der Waals surface area (Å²) in [6.07, 6.45) is 5.47. The number of aromatic nitrogens is 2. The number of benzene rings is 5. The minimum absolute atomic E-state index is 0.00653. The third-order valence-corrected chi connectivity index (χ3v) is 12.7. The van der Waals surface area contributed by atoms with Crippen molar-refractivity contribution in [3.63, 3.8) is 0 Å². The Bertz CT molecular complexity index is 2740. The first-order valence-electron chi connectivity index (χ1n) is 21.2. The van der Waals surface area contributed by atoms with Crippen LogP contribution in [0.1, 0.15) is 77.5 Å². The second-order valence-electron chi connectivity index (χ2n) is 16.2. The molecule has 0 unspecified atom stereocenters. The van der Waals surface area contributed by atoms with Gasteiger partial charge in [-0.1, -0.05) is 109 Å². The number of carbonyl (C=O) groups is 3. The van der Waals surface area contributed by atoms with Crippen molar-refractivity contribution < 1.29 is 29.0 Å². The second-order valence-corrected chi connectivity index (χ2v) is 16.2. The number of morpholine rings is 1. The molecule has 1 aromatic heterocycles. The van der Waals surface area contributed by atoms with E-state index in [0.717, 1.165) is 53.4 Å². The summed E-state index contributed by atoms with van der Waals surface area (Å²) in [4.78, 5) is 56.4. The van der Waals surface area contributed by atoms with E-state index in [9.17, 15) is 5.11 Å². The maximum Gasteiger partial charge on any atom is 0.324 e. The smallest absolute Gasteiger partial charge is 0.324 e. The predicted octanol–water partition coefficient (Wildman–Crippen LogP) is 7.37. The van der Waals surface area contributed by atoms with Crippen molar-refractivity contribution in [2.45, 2.75) is 61.9 Å². The van der Waals surface area contributed by atoms with E-state index in [2.05, 4.69) is 33.5 Å². The molecule has 6 aromatic rings. The molecule has 11 nitrogen and oxygen atoms in total. The lowest BCUT2D eigenvalue weighted by atomic mass is 9.65. The summed E-state index contributed by atoms with van der Waals surface area (Å²) in [6.45, 7) is -0.260. The van der Waals surface area contributed by atoms with Crippen LogP contribution in [0.3, 0.4) is 0 Å². The number of esters is 1. The van der Waals surface area contributed by atoms with Gasteiger partial charge in [0.1, 0.15) is 35.7 Å². The predicted molar refractivity (Wildman–Crippen MR) is 233 cm³/mol. The number of para-hydroxylation sites is 3. The zero-order chi connectivity index (χ0) is 42.2. The number of cyclic esters (lactones) is 1. The zero-order valence-electron chi connectivity index (χ0n) is 33.9. The molecule has 10 rings (SSSR count). The van der Waals surface area contributed by atoms with Crippen LogP contribution in [0, 0.1) is 17.8 Å². The number of aliphatic hydroxyl groups excluding tert-OH is 1. The van der Waals surface area contributed by atoms with Gasteiger partial charge in [-0.15, -0.1) is 0 Å². The number of aliphatic hydroxyl groups is 1. The molecule has 4 N–H and O–H groups in total. The number of imidazole rings is 1. The maximum atomic E-state index is 15.6.